The summed E-state index contributed by atoms with van der Waals surface area (Å²) in [4.78, 5) is 24.4. The molecule has 0 aliphatic carbocycles. The fraction of sp³-hybridized carbons (Fsp3) is 0.833. The molecule has 0 bridgehead atoms. The van der Waals surface area contributed by atoms with Crippen LogP contribution in [0.5, 0.6) is 0 Å². The number of amides is 2. The zero-order valence-electron chi connectivity index (χ0n) is 10.9. The van der Waals surface area contributed by atoms with E-state index < -0.39 is 12.1 Å². The van der Waals surface area contributed by atoms with Gasteiger partial charge in [0.15, 0.2) is 6.10 Å². The van der Waals surface area contributed by atoms with Gasteiger partial charge in [-0.2, -0.15) is 0 Å². The Morgan fingerprint density at radius 3 is 2.74 bits per heavy atom. The van der Waals surface area contributed by atoms with Gasteiger partial charge in [-0.25, -0.2) is 9.59 Å². The summed E-state index contributed by atoms with van der Waals surface area (Å²) in [7, 11) is 0. The summed E-state index contributed by atoms with van der Waals surface area (Å²) in [5.41, 5.74) is 5.58. The molecule has 2 heterocycles. The minimum Gasteiger partial charge on any atom is -0.479 e. The summed E-state index contributed by atoms with van der Waals surface area (Å²) in [6.45, 7) is 2.41. The summed E-state index contributed by atoms with van der Waals surface area (Å²) < 4.78 is 5.33. The molecule has 0 aromatic heterocycles. The van der Waals surface area contributed by atoms with E-state index in [1.54, 1.807) is 4.90 Å². The van der Waals surface area contributed by atoms with Crippen LogP contribution in [0.4, 0.5) is 4.79 Å². The van der Waals surface area contributed by atoms with Crippen LogP contribution in [0.15, 0.2) is 0 Å². The number of hydrogen-bond acceptors (Lipinski definition) is 4. The van der Waals surface area contributed by atoms with E-state index in [9.17, 15) is 9.59 Å². The molecule has 19 heavy (non-hydrogen) atoms. The van der Waals surface area contributed by atoms with Crippen molar-refractivity contribution in [2.45, 2.75) is 31.5 Å². The van der Waals surface area contributed by atoms with E-state index in [1.807, 2.05) is 0 Å². The molecule has 2 rings (SSSR count). The van der Waals surface area contributed by atoms with Gasteiger partial charge in [0.2, 0.25) is 0 Å². The maximum atomic E-state index is 11.9. The fourth-order valence-corrected chi connectivity index (χ4v) is 2.56. The van der Waals surface area contributed by atoms with Gasteiger partial charge in [0.1, 0.15) is 0 Å². The van der Waals surface area contributed by atoms with Gasteiger partial charge < -0.3 is 25.8 Å². The van der Waals surface area contributed by atoms with Gasteiger partial charge in [0, 0.05) is 19.6 Å². The summed E-state index contributed by atoms with van der Waals surface area (Å²) in [6, 6.07) is -0.113. The van der Waals surface area contributed by atoms with E-state index in [4.69, 9.17) is 15.6 Å². The topological polar surface area (TPSA) is 105 Å². The third kappa shape index (κ3) is 3.57. The van der Waals surface area contributed by atoms with Crippen LogP contribution in [0.25, 0.3) is 0 Å². The van der Waals surface area contributed by atoms with E-state index in [2.05, 4.69) is 5.32 Å². The number of likely N-dealkylation sites (tertiary alicyclic amines) is 1. The largest absolute Gasteiger partial charge is 0.479 e. The van der Waals surface area contributed by atoms with E-state index in [0.717, 1.165) is 13.0 Å². The Labute approximate surface area is 112 Å². The molecule has 108 valence electrons. The van der Waals surface area contributed by atoms with Crippen molar-refractivity contribution in [3.63, 3.8) is 0 Å². The molecule has 3 unspecified atom stereocenters. The lowest BCUT2D eigenvalue weighted by Gasteiger charge is -2.19. The first-order valence-corrected chi connectivity index (χ1v) is 6.71. The predicted octanol–water partition coefficient (Wildman–Crippen LogP) is -0.391. The van der Waals surface area contributed by atoms with Crippen molar-refractivity contribution in [1.82, 2.24) is 10.2 Å². The number of nitrogens with two attached hydrogens (primary N) is 1. The number of ether oxygens (including phenoxy) is 1. The fourth-order valence-electron chi connectivity index (χ4n) is 2.56. The second-order valence-electron chi connectivity index (χ2n) is 5.18. The van der Waals surface area contributed by atoms with Gasteiger partial charge in [0.25, 0.3) is 0 Å². The first-order chi connectivity index (χ1) is 9.10. The average molecular weight is 271 g/mol. The van der Waals surface area contributed by atoms with Crippen LogP contribution >= 0.6 is 0 Å². The Kier molecular flexibility index (Phi) is 4.60. The number of aliphatic carboxylic acids is 1. The molecule has 0 saturated carbocycles. The van der Waals surface area contributed by atoms with E-state index in [-0.39, 0.29) is 12.1 Å². The molecule has 7 nitrogen and oxygen atoms in total. The van der Waals surface area contributed by atoms with Crippen molar-refractivity contribution in [3.05, 3.63) is 0 Å². The number of hydrogen-bond donors (Lipinski definition) is 3. The van der Waals surface area contributed by atoms with Crippen LogP contribution in [-0.2, 0) is 9.53 Å². The normalized spacial score (nSPS) is 30.6. The third-order valence-electron chi connectivity index (χ3n) is 3.77. The number of nitrogens with zero attached hydrogens (tertiary/aromatic N) is 1. The van der Waals surface area contributed by atoms with Gasteiger partial charge in [-0.05, 0) is 31.7 Å². The number of nitrogens with one attached hydrogen (secondary N) is 1. The molecule has 2 fully saturated rings. The molecule has 0 aromatic carbocycles. The Balaban J connectivity index is 1.69. The van der Waals surface area contributed by atoms with Crippen LogP contribution in [-0.4, -0.2) is 60.4 Å². The number of carbonyl (C=O) groups excluding carboxylic acids is 1. The average Bonchev–Trinajstić information content (AvgIpc) is 3.04. The first-order valence-electron chi connectivity index (χ1n) is 6.71. The maximum absolute atomic E-state index is 11.9. The molecule has 3 atom stereocenters. The standard InChI is InChI=1S/C12H21N3O4/c13-5-8-3-4-15(7-8)12(18)14-6-9-1-2-10(19-9)11(16)17/h8-10H,1-7,13H2,(H,14,18)(H,16,17). The second-order valence-corrected chi connectivity index (χ2v) is 5.18. The molecule has 2 saturated heterocycles. The quantitative estimate of drug-likeness (QED) is 0.646. The highest BCUT2D eigenvalue weighted by Crippen LogP contribution is 2.19. The Morgan fingerprint density at radius 1 is 1.37 bits per heavy atom. The Morgan fingerprint density at radius 2 is 2.16 bits per heavy atom. The Hall–Kier alpha value is -1.34. The zero-order chi connectivity index (χ0) is 13.8. The highest BCUT2D eigenvalue weighted by Gasteiger charge is 2.31. The minimum absolute atomic E-state index is 0.113. The number of carboxylic acids is 1. The van der Waals surface area contributed by atoms with Crippen LogP contribution in [0, 0.1) is 5.92 Å². The number of carboxylic acid groups (broad SMARTS) is 1. The molecule has 2 aliphatic heterocycles. The van der Waals surface area contributed by atoms with Gasteiger partial charge in [-0.1, -0.05) is 0 Å². The maximum Gasteiger partial charge on any atom is 0.332 e. The third-order valence-corrected chi connectivity index (χ3v) is 3.77. The SMILES string of the molecule is NCC1CCN(C(=O)NCC2CCC(C(=O)O)O2)C1. The molecular formula is C12H21N3O4. The first kappa shape index (κ1) is 14.1. The van der Waals surface area contributed by atoms with Gasteiger partial charge >= 0.3 is 12.0 Å². The van der Waals surface area contributed by atoms with Gasteiger partial charge in [0.05, 0.1) is 6.10 Å². The summed E-state index contributed by atoms with van der Waals surface area (Å²) in [6.07, 6.45) is 1.20. The number of carbonyl (C=O) groups is 2. The van der Waals surface area contributed by atoms with Crippen molar-refractivity contribution in [1.29, 1.82) is 0 Å². The highest BCUT2D eigenvalue weighted by atomic mass is 16.5. The molecule has 2 aliphatic rings. The lowest BCUT2D eigenvalue weighted by atomic mass is 10.1. The molecule has 2 amide bonds. The monoisotopic (exact) mass is 271 g/mol. The Bertz CT molecular complexity index is 350. The zero-order valence-corrected chi connectivity index (χ0v) is 10.9. The predicted molar refractivity (Wildman–Crippen MR) is 67.7 cm³/mol. The van der Waals surface area contributed by atoms with Crippen molar-refractivity contribution in [2.24, 2.45) is 11.7 Å². The molecule has 4 N–H and O–H groups in total. The van der Waals surface area contributed by atoms with Crippen LogP contribution < -0.4 is 11.1 Å². The van der Waals surface area contributed by atoms with E-state index in [0.29, 0.717) is 38.4 Å². The van der Waals surface area contributed by atoms with Crippen LogP contribution in [0.1, 0.15) is 19.3 Å². The van der Waals surface area contributed by atoms with Gasteiger partial charge in [-0.3, -0.25) is 0 Å². The highest BCUT2D eigenvalue weighted by molar-refractivity contribution is 5.74. The van der Waals surface area contributed by atoms with E-state index >= 15 is 0 Å². The molecule has 7 heteroatoms. The van der Waals surface area contributed by atoms with Crippen molar-refractivity contribution < 1.29 is 19.4 Å². The smallest absolute Gasteiger partial charge is 0.332 e. The molecule has 0 radical (unpaired) electrons. The molecular weight excluding hydrogens is 250 g/mol. The van der Waals surface area contributed by atoms with Crippen molar-refractivity contribution in [3.8, 4) is 0 Å². The van der Waals surface area contributed by atoms with Gasteiger partial charge in [-0.15, -0.1) is 0 Å². The number of urea groups is 1. The van der Waals surface area contributed by atoms with Crippen LogP contribution in [0.3, 0.4) is 0 Å². The number of rotatable bonds is 4. The lowest BCUT2D eigenvalue weighted by Crippen LogP contribution is -2.42. The van der Waals surface area contributed by atoms with E-state index in [1.165, 1.54) is 0 Å². The minimum atomic E-state index is -0.931. The molecule has 0 spiro atoms. The lowest BCUT2D eigenvalue weighted by molar-refractivity contribution is -0.149. The second kappa shape index (κ2) is 6.21. The summed E-state index contributed by atoms with van der Waals surface area (Å²) >= 11 is 0. The summed E-state index contributed by atoms with van der Waals surface area (Å²) in [5, 5.41) is 11.6. The van der Waals surface area contributed by atoms with Crippen molar-refractivity contribution >= 4 is 12.0 Å². The van der Waals surface area contributed by atoms with Crippen molar-refractivity contribution in [2.75, 3.05) is 26.2 Å². The molecule has 0 aromatic rings. The van der Waals surface area contributed by atoms with Crippen LogP contribution in [0.2, 0.25) is 0 Å². The summed E-state index contributed by atoms with van der Waals surface area (Å²) in [5.74, 6) is -0.538.